The maximum absolute atomic E-state index is 13.4. The summed E-state index contributed by atoms with van der Waals surface area (Å²) in [5, 5.41) is 4.23. The number of carbonyl (C=O) groups excluding carboxylic acids is 1. The summed E-state index contributed by atoms with van der Waals surface area (Å²) in [7, 11) is 1.60. The van der Waals surface area contributed by atoms with Gasteiger partial charge in [0.2, 0.25) is 10.0 Å². The van der Waals surface area contributed by atoms with E-state index >= 15 is 0 Å². The number of aryl methyl sites for hydroxylation is 1. The molecule has 0 spiro atoms. The SMILES string of the molecule is COc1c(NC(=O)c2ccc(C)c(N(N)/C=C(\N)c3ccc(N(C)C)nc3)c2)cc(C(C)(C)C)cc1NS(C)(=O)=O. The van der Waals surface area contributed by atoms with Crippen LogP contribution in [0.1, 0.15) is 47.8 Å². The molecule has 0 unspecified atom stereocenters. The van der Waals surface area contributed by atoms with Gasteiger partial charge in [0.05, 0.1) is 36.1 Å². The summed E-state index contributed by atoms with van der Waals surface area (Å²) in [6, 6.07) is 12.3. The second kappa shape index (κ2) is 12.1. The van der Waals surface area contributed by atoms with Gasteiger partial charge in [-0.2, -0.15) is 0 Å². The summed E-state index contributed by atoms with van der Waals surface area (Å²) in [5.41, 5.74) is 10.1. The number of hydrazine groups is 1. The number of sulfonamides is 1. The lowest BCUT2D eigenvalue weighted by Crippen LogP contribution is -2.27. The van der Waals surface area contributed by atoms with Crippen LogP contribution in [0.25, 0.3) is 5.70 Å². The molecule has 0 saturated heterocycles. The van der Waals surface area contributed by atoms with E-state index in [2.05, 4.69) is 15.0 Å². The third kappa shape index (κ3) is 7.89. The van der Waals surface area contributed by atoms with E-state index in [0.717, 1.165) is 23.2 Å². The number of carbonyl (C=O) groups is 1. The van der Waals surface area contributed by atoms with Gasteiger partial charge in [0.15, 0.2) is 5.75 Å². The number of pyridine rings is 1. The van der Waals surface area contributed by atoms with Crippen LogP contribution in [0.4, 0.5) is 22.9 Å². The average Bonchev–Trinajstić information content (AvgIpc) is 2.87. The molecule has 0 aliphatic rings. The van der Waals surface area contributed by atoms with Crippen LogP contribution < -0.4 is 36.3 Å². The minimum atomic E-state index is -3.61. The molecule has 0 atom stereocenters. The Bertz CT molecular complexity index is 1560. The van der Waals surface area contributed by atoms with E-state index in [9.17, 15) is 13.2 Å². The highest BCUT2D eigenvalue weighted by molar-refractivity contribution is 7.92. The molecule has 220 valence electrons. The van der Waals surface area contributed by atoms with Crippen molar-refractivity contribution in [1.82, 2.24) is 4.98 Å². The lowest BCUT2D eigenvalue weighted by atomic mass is 9.86. The van der Waals surface area contributed by atoms with Crippen molar-refractivity contribution in [3.8, 4) is 5.75 Å². The number of hydrogen-bond donors (Lipinski definition) is 4. The summed E-state index contributed by atoms with van der Waals surface area (Å²) >= 11 is 0. The normalized spacial score (nSPS) is 12.1. The number of hydrogen-bond acceptors (Lipinski definition) is 9. The number of anilines is 4. The third-order valence-electron chi connectivity index (χ3n) is 6.27. The number of methoxy groups -OCH3 is 1. The quantitative estimate of drug-likeness (QED) is 0.216. The number of nitrogens with zero attached hydrogens (tertiary/aromatic N) is 3. The molecule has 2 aromatic carbocycles. The van der Waals surface area contributed by atoms with E-state index in [1.807, 2.05) is 58.8 Å². The zero-order chi connectivity index (χ0) is 30.7. The molecule has 3 aromatic rings. The largest absolute Gasteiger partial charge is 0.492 e. The van der Waals surface area contributed by atoms with Crippen molar-refractivity contribution in [2.24, 2.45) is 11.6 Å². The zero-order valence-corrected chi connectivity index (χ0v) is 25.6. The van der Waals surface area contributed by atoms with Gasteiger partial charge in [-0.05, 0) is 59.9 Å². The number of nitrogens with one attached hydrogen (secondary N) is 2. The Hall–Kier alpha value is -4.29. The fourth-order valence-corrected chi connectivity index (χ4v) is 4.54. The van der Waals surface area contributed by atoms with Gasteiger partial charge < -0.3 is 20.7 Å². The van der Waals surface area contributed by atoms with Crippen LogP contribution in [0.15, 0.2) is 54.9 Å². The van der Waals surface area contributed by atoms with Gasteiger partial charge in [-0.1, -0.05) is 26.8 Å². The van der Waals surface area contributed by atoms with Crippen molar-refractivity contribution in [3.63, 3.8) is 0 Å². The van der Waals surface area contributed by atoms with Crippen LogP contribution in [0, 0.1) is 6.92 Å². The standard InChI is InChI=1S/C29H39N7O4S/c1-18-9-10-19(13-25(18)36(31)17-22(30)20-11-12-26(32-16-20)35(5)6)28(37)33-23-14-21(29(2,3)4)15-24(27(23)40-7)34-41(8,38)39/h9-17,34H,30-31H2,1-8H3,(H,33,37)/b22-17-. The van der Waals surface area contributed by atoms with Crippen molar-refractivity contribution >= 4 is 44.5 Å². The van der Waals surface area contributed by atoms with Crippen LogP contribution >= 0.6 is 0 Å². The van der Waals surface area contributed by atoms with Gasteiger partial charge in [-0.15, -0.1) is 0 Å². The van der Waals surface area contributed by atoms with Gasteiger partial charge in [-0.3, -0.25) is 14.5 Å². The summed E-state index contributed by atoms with van der Waals surface area (Å²) in [4.78, 5) is 19.7. The molecule has 0 radical (unpaired) electrons. The summed E-state index contributed by atoms with van der Waals surface area (Å²) < 4.78 is 32.1. The smallest absolute Gasteiger partial charge is 0.255 e. The summed E-state index contributed by atoms with van der Waals surface area (Å²) in [5.74, 6) is 6.91. The van der Waals surface area contributed by atoms with Crippen LogP contribution in [-0.2, 0) is 15.4 Å². The lowest BCUT2D eigenvalue weighted by molar-refractivity contribution is 0.102. The number of amides is 1. The first-order valence-corrected chi connectivity index (χ1v) is 14.7. The topological polar surface area (TPSA) is 156 Å². The second-order valence-electron chi connectivity index (χ2n) is 11.0. The van der Waals surface area contributed by atoms with E-state index in [1.54, 1.807) is 42.7 Å². The highest BCUT2D eigenvalue weighted by Gasteiger charge is 2.23. The Morgan fingerprint density at radius 2 is 1.68 bits per heavy atom. The predicted molar refractivity (Wildman–Crippen MR) is 167 cm³/mol. The summed E-state index contributed by atoms with van der Waals surface area (Å²) in [6.07, 6.45) is 4.28. The number of rotatable bonds is 9. The monoisotopic (exact) mass is 581 g/mol. The van der Waals surface area contributed by atoms with Gasteiger partial charge in [0.25, 0.3) is 5.91 Å². The molecule has 0 bridgehead atoms. The number of nitrogens with two attached hydrogens (primary N) is 2. The maximum Gasteiger partial charge on any atom is 0.255 e. The number of aromatic nitrogens is 1. The van der Waals surface area contributed by atoms with Crippen molar-refractivity contribution in [2.45, 2.75) is 33.1 Å². The first kappa shape index (κ1) is 31.2. The van der Waals surface area contributed by atoms with Gasteiger partial charge in [0.1, 0.15) is 5.82 Å². The number of benzene rings is 2. The van der Waals surface area contributed by atoms with Crippen LogP contribution in [0.5, 0.6) is 5.75 Å². The minimum Gasteiger partial charge on any atom is -0.492 e. The maximum atomic E-state index is 13.4. The number of ether oxygens (including phenoxy) is 1. The van der Waals surface area contributed by atoms with E-state index < -0.39 is 15.9 Å². The molecule has 11 nitrogen and oxygen atoms in total. The summed E-state index contributed by atoms with van der Waals surface area (Å²) in [6.45, 7) is 7.82. The molecule has 0 fully saturated rings. The van der Waals surface area contributed by atoms with Crippen molar-refractivity contribution in [3.05, 3.63) is 77.1 Å². The molecule has 12 heteroatoms. The molecule has 41 heavy (non-hydrogen) atoms. The molecule has 0 aliphatic heterocycles. The first-order valence-electron chi connectivity index (χ1n) is 12.8. The molecule has 1 aromatic heterocycles. The minimum absolute atomic E-state index is 0.189. The Labute approximate surface area is 242 Å². The highest BCUT2D eigenvalue weighted by Crippen LogP contribution is 2.39. The molecule has 1 heterocycles. The molecular formula is C29H39N7O4S. The zero-order valence-electron chi connectivity index (χ0n) is 24.7. The molecule has 6 N–H and O–H groups in total. The molecule has 0 saturated carbocycles. The lowest BCUT2D eigenvalue weighted by Gasteiger charge is -2.24. The third-order valence-corrected chi connectivity index (χ3v) is 6.86. The van der Waals surface area contributed by atoms with E-state index in [1.165, 1.54) is 12.1 Å². The van der Waals surface area contributed by atoms with Gasteiger partial charge in [-0.25, -0.2) is 19.2 Å². The van der Waals surface area contributed by atoms with Crippen molar-refractivity contribution in [1.29, 1.82) is 0 Å². The van der Waals surface area contributed by atoms with E-state index in [-0.39, 0.29) is 16.9 Å². The van der Waals surface area contributed by atoms with Gasteiger partial charge >= 0.3 is 0 Å². The fourth-order valence-electron chi connectivity index (χ4n) is 3.99. The first-order chi connectivity index (χ1) is 19.0. The Balaban J connectivity index is 1.95. The van der Waals surface area contributed by atoms with Crippen LogP contribution in [-0.4, -0.2) is 46.8 Å². The Morgan fingerprint density at radius 3 is 2.22 bits per heavy atom. The molecule has 0 aliphatic carbocycles. The molecule has 1 amide bonds. The Morgan fingerprint density at radius 1 is 1.05 bits per heavy atom. The average molecular weight is 582 g/mol. The fraction of sp³-hybridized carbons (Fsp3) is 0.310. The predicted octanol–water partition coefficient (Wildman–Crippen LogP) is 4.02. The van der Waals surface area contributed by atoms with Gasteiger partial charge in [0, 0.05) is 37.6 Å². The second-order valence-corrected chi connectivity index (χ2v) is 12.7. The van der Waals surface area contributed by atoms with Crippen molar-refractivity contribution < 1.29 is 17.9 Å². The van der Waals surface area contributed by atoms with Crippen LogP contribution in [0.3, 0.4) is 0 Å². The Kier molecular flexibility index (Phi) is 9.19. The van der Waals surface area contributed by atoms with E-state index in [0.29, 0.717) is 28.2 Å². The molecule has 3 rings (SSSR count). The molecular weight excluding hydrogens is 542 g/mol. The van der Waals surface area contributed by atoms with E-state index in [4.69, 9.17) is 16.3 Å². The van der Waals surface area contributed by atoms with Crippen LogP contribution in [0.2, 0.25) is 0 Å². The van der Waals surface area contributed by atoms with Crippen molar-refractivity contribution in [2.75, 3.05) is 47.4 Å². The highest BCUT2D eigenvalue weighted by atomic mass is 32.2.